The van der Waals surface area contributed by atoms with Crippen molar-refractivity contribution in [2.75, 3.05) is 5.32 Å². The van der Waals surface area contributed by atoms with Gasteiger partial charge in [-0.25, -0.2) is 14.2 Å². The van der Waals surface area contributed by atoms with Crippen LogP contribution in [-0.2, 0) is 9.53 Å². The van der Waals surface area contributed by atoms with Gasteiger partial charge in [0.15, 0.2) is 6.10 Å². The number of thiazole rings is 1. The molecule has 0 saturated carbocycles. The molecule has 3 rings (SSSR count). The van der Waals surface area contributed by atoms with Gasteiger partial charge in [0.2, 0.25) is 0 Å². The van der Waals surface area contributed by atoms with Gasteiger partial charge in [0.25, 0.3) is 11.6 Å². The standard InChI is InChI=1S/C20H16FN3O5S/c1-11-17(30-19(22-11)13-7-9-14(21)10-8-13)20(26)29-12(2)18(25)23-15-5-3-4-6-16(15)24(27)28/h3-10,12H,1-2H3,(H,23,25). The fourth-order valence-electron chi connectivity index (χ4n) is 2.54. The first kappa shape index (κ1) is 21.1. The van der Waals surface area contributed by atoms with Crippen molar-refractivity contribution in [2.24, 2.45) is 0 Å². The minimum Gasteiger partial charge on any atom is -0.448 e. The first-order valence-corrected chi connectivity index (χ1v) is 9.56. The summed E-state index contributed by atoms with van der Waals surface area (Å²) in [6.07, 6.45) is -1.20. The Morgan fingerprint density at radius 3 is 2.53 bits per heavy atom. The van der Waals surface area contributed by atoms with Crippen LogP contribution < -0.4 is 5.32 Å². The number of halogens is 1. The van der Waals surface area contributed by atoms with Crippen LogP contribution in [0.2, 0.25) is 0 Å². The number of amides is 1. The van der Waals surface area contributed by atoms with Crippen LogP contribution in [0.5, 0.6) is 0 Å². The van der Waals surface area contributed by atoms with E-state index in [0.29, 0.717) is 16.3 Å². The summed E-state index contributed by atoms with van der Waals surface area (Å²) in [5.74, 6) is -1.84. The van der Waals surface area contributed by atoms with E-state index in [0.717, 1.165) is 11.3 Å². The van der Waals surface area contributed by atoms with Crippen molar-refractivity contribution in [3.8, 4) is 10.6 Å². The molecule has 1 amide bonds. The number of nitrogens with zero attached hydrogens (tertiary/aromatic N) is 2. The number of nitro groups is 1. The van der Waals surface area contributed by atoms with Crippen molar-refractivity contribution in [1.82, 2.24) is 4.98 Å². The van der Waals surface area contributed by atoms with E-state index in [-0.39, 0.29) is 22.1 Å². The average Bonchev–Trinajstić information content (AvgIpc) is 3.10. The number of nitrogens with one attached hydrogen (secondary N) is 1. The van der Waals surface area contributed by atoms with Gasteiger partial charge < -0.3 is 10.1 Å². The number of hydrogen-bond acceptors (Lipinski definition) is 7. The number of esters is 1. The summed E-state index contributed by atoms with van der Waals surface area (Å²) in [5.41, 5.74) is 0.788. The third kappa shape index (κ3) is 4.66. The first-order valence-electron chi connectivity index (χ1n) is 8.75. The zero-order chi connectivity index (χ0) is 21.8. The topological polar surface area (TPSA) is 111 Å². The summed E-state index contributed by atoms with van der Waals surface area (Å²) < 4.78 is 18.3. The molecule has 3 aromatic rings. The van der Waals surface area contributed by atoms with Gasteiger partial charge in [-0.05, 0) is 44.2 Å². The van der Waals surface area contributed by atoms with Crippen molar-refractivity contribution < 1.29 is 23.6 Å². The van der Waals surface area contributed by atoms with E-state index in [1.165, 1.54) is 43.3 Å². The van der Waals surface area contributed by atoms with Crippen molar-refractivity contribution in [3.05, 3.63) is 75.0 Å². The number of ether oxygens (including phenoxy) is 1. The van der Waals surface area contributed by atoms with Gasteiger partial charge in [-0.1, -0.05) is 12.1 Å². The largest absolute Gasteiger partial charge is 0.448 e. The minimum absolute atomic E-state index is 0.00275. The Morgan fingerprint density at radius 1 is 1.20 bits per heavy atom. The summed E-state index contributed by atoms with van der Waals surface area (Å²) in [4.78, 5) is 39.8. The molecule has 8 nitrogen and oxygen atoms in total. The Morgan fingerprint density at radius 2 is 1.87 bits per heavy atom. The second kappa shape index (κ2) is 8.78. The first-order chi connectivity index (χ1) is 14.3. The number of aryl methyl sites for hydroxylation is 1. The van der Waals surface area contributed by atoms with E-state index in [9.17, 15) is 24.1 Å². The average molecular weight is 429 g/mol. The van der Waals surface area contributed by atoms with Gasteiger partial charge in [0.1, 0.15) is 21.4 Å². The van der Waals surface area contributed by atoms with Crippen molar-refractivity contribution in [3.63, 3.8) is 0 Å². The molecule has 1 aromatic heterocycles. The van der Waals surface area contributed by atoms with Gasteiger partial charge >= 0.3 is 5.97 Å². The number of aromatic nitrogens is 1. The van der Waals surface area contributed by atoms with Gasteiger partial charge in [-0.15, -0.1) is 11.3 Å². The molecule has 30 heavy (non-hydrogen) atoms. The van der Waals surface area contributed by atoms with Crippen LogP contribution >= 0.6 is 11.3 Å². The van der Waals surface area contributed by atoms with Crippen molar-refractivity contribution >= 4 is 34.6 Å². The lowest BCUT2D eigenvalue weighted by atomic mass is 10.2. The lowest BCUT2D eigenvalue weighted by Gasteiger charge is -2.13. The number of benzene rings is 2. The third-order valence-corrected chi connectivity index (χ3v) is 5.27. The predicted octanol–water partition coefficient (Wildman–Crippen LogP) is 4.35. The number of carbonyl (C=O) groups excluding carboxylic acids is 2. The molecule has 0 bridgehead atoms. The molecule has 154 valence electrons. The second-order valence-corrected chi connectivity index (χ2v) is 7.25. The van der Waals surface area contributed by atoms with Crippen LogP contribution in [0.1, 0.15) is 22.3 Å². The molecule has 1 atom stereocenters. The zero-order valence-corrected chi connectivity index (χ0v) is 16.7. The fourth-order valence-corrected chi connectivity index (χ4v) is 3.50. The lowest BCUT2D eigenvalue weighted by Crippen LogP contribution is -2.30. The summed E-state index contributed by atoms with van der Waals surface area (Å²) in [6, 6.07) is 11.3. The number of rotatable bonds is 6. The third-order valence-electron chi connectivity index (χ3n) is 4.08. The number of nitro benzene ring substituents is 1. The Bertz CT molecular complexity index is 1110. The number of anilines is 1. The monoisotopic (exact) mass is 429 g/mol. The maximum absolute atomic E-state index is 13.1. The van der Waals surface area contributed by atoms with Gasteiger partial charge in [-0.2, -0.15) is 0 Å². The number of hydrogen-bond donors (Lipinski definition) is 1. The maximum Gasteiger partial charge on any atom is 0.351 e. The molecule has 0 aliphatic rings. The van der Waals surface area contributed by atoms with E-state index < -0.39 is 22.9 Å². The minimum atomic E-state index is -1.20. The van der Waals surface area contributed by atoms with E-state index in [4.69, 9.17) is 4.74 Å². The second-order valence-electron chi connectivity index (χ2n) is 6.25. The van der Waals surface area contributed by atoms with Crippen LogP contribution in [-0.4, -0.2) is 27.9 Å². The molecule has 1 unspecified atom stereocenters. The summed E-state index contributed by atoms with van der Waals surface area (Å²) in [7, 11) is 0. The van der Waals surface area contributed by atoms with E-state index in [1.807, 2.05) is 0 Å². The van der Waals surface area contributed by atoms with E-state index in [1.54, 1.807) is 19.1 Å². The molecule has 1 N–H and O–H groups in total. The van der Waals surface area contributed by atoms with E-state index >= 15 is 0 Å². The zero-order valence-electron chi connectivity index (χ0n) is 15.9. The maximum atomic E-state index is 13.1. The Labute approximate surface area is 174 Å². The molecule has 0 saturated heterocycles. The number of para-hydroxylation sites is 2. The SMILES string of the molecule is Cc1nc(-c2ccc(F)cc2)sc1C(=O)OC(C)C(=O)Nc1ccccc1[N+](=O)[O-]. The molecule has 0 radical (unpaired) electrons. The fraction of sp³-hybridized carbons (Fsp3) is 0.150. The quantitative estimate of drug-likeness (QED) is 0.354. The molecular weight excluding hydrogens is 413 g/mol. The summed E-state index contributed by atoms with van der Waals surface area (Å²) in [6.45, 7) is 2.98. The molecule has 0 spiro atoms. The molecule has 2 aromatic carbocycles. The van der Waals surface area contributed by atoms with E-state index in [2.05, 4.69) is 10.3 Å². The normalized spacial score (nSPS) is 11.6. The lowest BCUT2D eigenvalue weighted by molar-refractivity contribution is -0.383. The van der Waals surface area contributed by atoms with Crippen LogP contribution in [0.25, 0.3) is 10.6 Å². The van der Waals surface area contributed by atoms with Gasteiger partial charge in [-0.3, -0.25) is 14.9 Å². The van der Waals surface area contributed by atoms with Crippen LogP contribution in [0.15, 0.2) is 48.5 Å². The highest BCUT2D eigenvalue weighted by Crippen LogP contribution is 2.29. The molecule has 10 heteroatoms. The highest BCUT2D eigenvalue weighted by molar-refractivity contribution is 7.17. The molecule has 0 fully saturated rings. The van der Waals surface area contributed by atoms with Gasteiger partial charge in [0, 0.05) is 11.6 Å². The Balaban J connectivity index is 1.71. The highest BCUT2D eigenvalue weighted by Gasteiger charge is 2.25. The predicted molar refractivity (Wildman–Crippen MR) is 109 cm³/mol. The number of carbonyl (C=O) groups is 2. The van der Waals surface area contributed by atoms with Crippen LogP contribution in [0.3, 0.4) is 0 Å². The molecular formula is C20H16FN3O5S. The molecule has 0 aliphatic heterocycles. The summed E-state index contributed by atoms with van der Waals surface area (Å²) in [5, 5.41) is 14.0. The Hall–Kier alpha value is -3.66. The smallest absolute Gasteiger partial charge is 0.351 e. The van der Waals surface area contributed by atoms with Crippen LogP contribution in [0.4, 0.5) is 15.8 Å². The summed E-state index contributed by atoms with van der Waals surface area (Å²) >= 11 is 1.06. The molecule has 1 heterocycles. The molecule has 0 aliphatic carbocycles. The van der Waals surface area contributed by atoms with Crippen LogP contribution in [0, 0.1) is 22.9 Å². The Kier molecular flexibility index (Phi) is 6.17. The highest BCUT2D eigenvalue weighted by atomic mass is 32.1. The van der Waals surface area contributed by atoms with Crippen molar-refractivity contribution in [2.45, 2.75) is 20.0 Å². The van der Waals surface area contributed by atoms with Gasteiger partial charge in [0.05, 0.1) is 10.6 Å². The van der Waals surface area contributed by atoms with Crippen molar-refractivity contribution in [1.29, 1.82) is 0 Å².